The van der Waals surface area contributed by atoms with Crippen LogP contribution in [0.3, 0.4) is 0 Å². The van der Waals surface area contributed by atoms with Crippen molar-refractivity contribution >= 4 is 29.8 Å². The van der Waals surface area contributed by atoms with Crippen LogP contribution in [0.1, 0.15) is 43.0 Å². The molecule has 2 heterocycles. The van der Waals surface area contributed by atoms with Crippen LogP contribution in [0.25, 0.3) is 5.70 Å². The largest absolute Gasteiger partial charge is 0.487 e. The number of rotatable bonds is 12. The Balaban J connectivity index is 1.30. The Labute approximate surface area is 259 Å². The first kappa shape index (κ1) is 32.1. The van der Waals surface area contributed by atoms with Gasteiger partial charge in [0.2, 0.25) is 0 Å². The molecule has 2 aliphatic rings. The third kappa shape index (κ3) is 10.5. The van der Waals surface area contributed by atoms with Gasteiger partial charge in [0.05, 0.1) is 25.1 Å². The number of allylic oxidation sites excluding steroid dienone is 3. The first-order chi connectivity index (χ1) is 21.0. The van der Waals surface area contributed by atoms with Crippen LogP contribution < -0.4 is 10.1 Å². The molecule has 1 fully saturated rings. The monoisotopic (exact) mass is 603 g/mol. The summed E-state index contributed by atoms with van der Waals surface area (Å²) in [6.07, 6.45) is 14.5. The van der Waals surface area contributed by atoms with Gasteiger partial charge < -0.3 is 19.5 Å². The molecule has 4 rings (SSSR count). The summed E-state index contributed by atoms with van der Waals surface area (Å²) in [4.78, 5) is 23.2. The van der Waals surface area contributed by atoms with Gasteiger partial charge in [0, 0.05) is 55.1 Å². The lowest BCUT2D eigenvalue weighted by Gasteiger charge is -2.26. The normalized spacial score (nSPS) is 17.3. The number of carbonyl (C=O) groups excluding carboxylic acids is 1. The average molecular weight is 604 g/mol. The molecule has 2 aromatic rings. The van der Waals surface area contributed by atoms with Gasteiger partial charge >= 0.3 is 6.09 Å². The van der Waals surface area contributed by atoms with E-state index in [1.54, 1.807) is 24.1 Å². The Morgan fingerprint density at radius 1 is 1.35 bits per heavy atom. The van der Waals surface area contributed by atoms with Crippen LogP contribution in [0.4, 0.5) is 4.79 Å². The van der Waals surface area contributed by atoms with Gasteiger partial charge in [-0.05, 0) is 56.9 Å². The van der Waals surface area contributed by atoms with Crippen molar-refractivity contribution in [3.8, 4) is 17.6 Å². The molecule has 0 bridgehead atoms. The maximum atomic E-state index is 11.9. The van der Waals surface area contributed by atoms with Crippen molar-refractivity contribution < 1.29 is 19.0 Å². The summed E-state index contributed by atoms with van der Waals surface area (Å²) < 4.78 is 18.8. The van der Waals surface area contributed by atoms with Gasteiger partial charge in [-0.2, -0.15) is 0 Å². The van der Waals surface area contributed by atoms with E-state index in [4.69, 9.17) is 19.2 Å². The summed E-state index contributed by atoms with van der Waals surface area (Å²) in [5, 5.41) is 4.10. The fourth-order valence-electron chi connectivity index (χ4n) is 4.66. The fourth-order valence-corrected chi connectivity index (χ4v) is 5.89. The van der Waals surface area contributed by atoms with Crippen molar-refractivity contribution in [2.45, 2.75) is 50.1 Å². The lowest BCUT2D eigenvalue weighted by atomic mass is 10.1. The van der Waals surface area contributed by atoms with Crippen LogP contribution in [0.2, 0.25) is 0 Å². The van der Waals surface area contributed by atoms with Crippen molar-refractivity contribution in [3.63, 3.8) is 0 Å². The zero-order valence-corrected chi connectivity index (χ0v) is 25.9. The number of nitrogens with one attached hydrogen (secondary N) is 1. The van der Waals surface area contributed by atoms with E-state index in [9.17, 15) is 4.79 Å². The molecule has 1 atom stereocenters. The number of nitrogens with zero attached hydrogens (tertiary/aromatic N) is 4. The number of carbonyl (C=O) groups is 1. The van der Waals surface area contributed by atoms with Crippen molar-refractivity contribution in [1.82, 2.24) is 19.8 Å². The summed E-state index contributed by atoms with van der Waals surface area (Å²) in [7, 11) is 0. The number of alkyl carbamates (subject to hydrolysis) is 1. The van der Waals surface area contributed by atoms with E-state index in [1.165, 1.54) is 6.42 Å². The third-order valence-corrected chi connectivity index (χ3v) is 8.15. The molecule has 228 valence electrons. The minimum absolute atomic E-state index is 0.0196. The van der Waals surface area contributed by atoms with Gasteiger partial charge in [-0.25, -0.2) is 9.78 Å². The smallest absolute Gasteiger partial charge is 0.408 e. The number of hydrogen-bond donors (Lipinski definition) is 1. The minimum Gasteiger partial charge on any atom is -0.487 e. The number of thioether (sulfide) groups is 1. The lowest BCUT2D eigenvalue weighted by molar-refractivity contribution is 0.0383. The number of hydrogen-bond acceptors (Lipinski definition) is 8. The number of aromatic nitrogens is 2. The molecule has 10 heteroatoms. The molecule has 9 nitrogen and oxygen atoms in total. The van der Waals surface area contributed by atoms with Gasteiger partial charge in [0.15, 0.2) is 11.8 Å². The molecule has 1 aromatic heterocycles. The first-order valence-electron chi connectivity index (χ1n) is 14.7. The van der Waals surface area contributed by atoms with Crippen molar-refractivity contribution in [1.29, 1.82) is 0 Å². The second-order valence-corrected chi connectivity index (χ2v) is 11.4. The fraction of sp³-hybridized carbons (Fsp3) is 0.424. The number of ether oxygens (including phenoxy) is 3. The predicted molar refractivity (Wildman–Crippen MR) is 172 cm³/mol. The molecule has 1 aliphatic heterocycles. The molecule has 1 unspecified atom stereocenters. The van der Waals surface area contributed by atoms with Gasteiger partial charge in [0.1, 0.15) is 12.4 Å². The molecule has 0 spiro atoms. The molecule has 1 aliphatic carbocycles. The van der Waals surface area contributed by atoms with Gasteiger partial charge in [0.25, 0.3) is 0 Å². The van der Waals surface area contributed by atoms with Crippen LogP contribution >= 0.6 is 11.8 Å². The molecular formula is C33H41N5O4S. The van der Waals surface area contributed by atoms with Crippen LogP contribution in [0.5, 0.6) is 5.75 Å². The Bertz CT molecular complexity index is 1380. The highest BCUT2D eigenvalue weighted by Crippen LogP contribution is 2.32. The molecule has 0 saturated carbocycles. The first-order valence-corrected chi connectivity index (χ1v) is 15.6. The van der Waals surface area contributed by atoms with Crippen LogP contribution in [0, 0.1) is 18.8 Å². The van der Waals surface area contributed by atoms with E-state index < -0.39 is 6.09 Å². The second-order valence-electron chi connectivity index (χ2n) is 10.2. The number of morpholine rings is 1. The van der Waals surface area contributed by atoms with Crippen molar-refractivity contribution in [2.75, 3.05) is 46.0 Å². The van der Waals surface area contributed by atoms with Crippen molar-refractivity contribution in [2.24, 2.45) is 4.99 Å². The molecule has 1 N–H and O–H groups in total. The highest BCUT2D eigenvalue weighted by Gasteiger charge is 2.18. The summed E-state index contributed by atoms with van der Waals surface area (Å²) in [5.74, 6) is 6.75. The molecule has 0 radical (unpaired) electrons. The van der Waals surface area contributed by atoms with Crippen molar-refractivity contribution in [3.05, 3.63) is 72.2 Å². The maximum absolute atomic E-state index is 11.9. The summed E-state index contributed by atoms with van der Waals surface area (Å²) in [5.41, 5.74) is 3.72. The third-order valence-electron chi connectivity index (χ3n) is 6.96. The van der Waals surface area contributed by atoms with Crippen LogP contribution in [-0.2, 0) is 16.1 Å². The quantitative estimate of drug-likeness (QED) is 0.196. The number of imidazole rings is 1. The van der Waals surface area contributed by atoms with Gasteiger partial charge in [-0.3, -0.25) is 14.5 Å². The van der Waals surface area contributed by atoms with E-state index in [0.29, 0.717) is 18.4 Å². The van der Waals surface area contributed by atoms with Crippen LogP contribution in [0.15, 0.2) is 65.6 Å². The Kier molecular flexibility index (Phi) is 13.0. The molecule has 1 amide bonds. The second kappa shape index (κ2) is 17.4. The number of benzene rings is 1. The highest BCUT2D eigenvalue weighted by atomic mass is 32.2. The lowest BCUT2D eigenvalue weighted by Crippen LogP contribution is -2.41. The zero-order valence-electron chi connectivity index (χ0n) is 25.1. The molecule has 1 saturated heterocycles. The number of aliphatic imine (C=N–C) groups is 1. The Hall–Kier alpha value is -3.78. The standard InChI is InChI=1S/C33H41N5O4S/c1-4-14-34-23-27(3)38-29(24-36-32(38)43-31-10-6-5-7-11-31)25-42-30-13-12-28(26(2)22-30)9-8-19-41-33(39)35-15-16-37-17-20-40-21-18-37/h4,6,10,12-14,22-24,31H,1,5,7,11,15-21,25H2,2-3H3,(H,35,39)/b27-23+,34-14?. The topological polar surface area (TPSA) is 90.2 Å². The van der Waals surface area contributed by atoms with E-state index in [0.717, 1.165) is 79.1 Å². The zero-order chi connectivity index (χ0) is 30.3. The molecule has 1 aromatic carbocycles. The maximum Gasteiger partial charge on any atom is 0.408 e. The van der Waals surface area contributed by atoms with E-state index in [2.05, 4.69) is 50.3 Å². The SMILES string of the molecule is C=CC=N/C=C(\C)n1c(COc2ccc(C#CCOC(=O)NCCN3CCOCC3)c(C)c2)cnc1SC1C=CCCC1. The predicted octanol–water partition coefficient (Wildman–Crippen LogP) is 5.46. The van der Waals surface area contributed by atoms with E-state index in [-0.39, 0.29) is 6.61 Å². The minimum atomic E-state index is -0.461. The molecular weight excluding hydrogens is 562 g/mol. The summed E-state index contributed by atoms with van der Waals surface area (Å²) in [6.45, 7) is 12.6. The number of amides is 1. The number of aryl methyl sites for hydroxylation is 1. The average Bonchev–Trinajstić information content (AvgIpc) is 3.42. The molecule has 43 heavy (non-hydrogen) atoms. The highest BCUT2D eigenvalue weighted by molar-refractivity contribution is 7.99. The van der Waals surface area contributed by atoms with Gasteiger partial charge in [-0.1, -0.05) is 48.4 Å². The summed E-state index contributed by atoms with van der Waals surface area (Å²) in [6, 6.07) is 5.78. The van der Waals surface area contributed by atoms with E-state index in [1.807, 2.05) is 44.4 Å². The van der Waals surface area contributed by atoms with Gasteiger partial charge in [-0.15, -0.1) is 0 Å². The summed E-state index contributed by atoms with van der Waals surface area (Å²) >= 11 is 1.77. The van der Waals surface area contributed by atoms with Crippen LogP contribution in [-0.4, -0.2) is 78.0 Å². The van der Waals surface area contributed by atoms with E-state index >= 15 is 0 Å². The Morgan fingerprint density at radius 3 is 2.98 bits per heavy atom. The Morgan fingerprint density at radius 2 is 2.21 bits per heavy atom.